The van der Waals surface area contributed by atoms with Crippen molar-refractivity contribution in [3.63, 3.8) is 0 Å². The zero-order chi connectivity index (χ0) is 11.7. The van der Waals surface area contributed by atoms with E-state index < -0.39 is 0 Å². The largest absolute Gasteiger partial charge is 0.341 e. The minimum Gasteiger partial charge on any atom is -0.341 e. The van der Waals surface area contributed by atoms with Gasteiger partial charge in [-0.1, -0.05) is 12.8 Å². The molecule has 1 amide bonds. The van der Waals surface area contributed by atoms with Crippen molar-refractivity contribution in [1.82, 2.24) is 9.80 Å². The van der Waals surface area contributed by atoms with Gasteiger partial charge >= 0.3 is 0 Å². The van der Waals surface area contributed by atoms with Gasteiger partial charge in [0.05, 0.1) is 0 Å². The molecule has 3 fully saturated rings. The summed E-state index contributed by atoms with van der Waals surface area (Å²) in [4.78, 5) is 17.1. The van der Waals surface area contributed by atoms with Gasteiger partial charge in [0.15, 0.2) is 0 Å². The Bertz CT molecular complexity index is 280. The molecule has 3 aliphatic rings. The molecule has 2 heterocycles. The maximum atomic E-state index is 12.3. The van der Waals surface area contributed by atoms with Crippen LogP contribution < -0.4 is 0 Å². The van der Waals surface area contributed by atoms with Crippen molar-refractivity contribution in [2.75, 3.05) is 26.2 Å². The molecular weight excluding hydrogens is 212 g/mol. The van der Waals surface area contributed by atoms with Crippen molar-refractivity contribution in [2.45, 2.75) is 51.0 Å². The van der Waals surface area contributed by atoms with Gasteiger partial charge in [-0.15, -0.1) is 0 Å². The van der Waals surface area contributed by atoms with Gasteiger partial charge in [-0.2, -0.15) is 0 Å². The molecule has 1 unspecified atom stereocenters. The molecule has 3 rings (SSSR count). The number of rotatable bonds is 2. The molecule has 0 aromatic rings. The van der Waals surface area contributed by atoms with E-state index >= 15 is 0 Å². The number of amides is 1. The highest BCUT2D eigenvalue weighted by Gasteiger charge is 2.34. The number of nitrogens with zero attached hydrogens (tertiary/aromatic N) is 2. The second kappa shape index (κ2) is 4.97. The third kappa shape index (κ3) is 2.35. The van der Waals surface area contributed by atoms with E-state index in [2.05, 4.69) is 9.80 Å². The SMILES string of the molecule is O=C(C1CCCC1)N1CCC(N2CCCC2)C1. The monoisotopic (exact) mass is 236 g/mol. The van der Waals surface area contributed by atoms with Gasteiger partial charge in [-0.25, -0.2) is 0 Å². The molecule has 3 heteroatoms. The van der Waals surface area contributed by atoms with E-state index in [1.807, 2.05) is 0 Å². The summed E-state index contributed by atoms with van der Waals surface area (Å²) < 4.78 is 0. The summed E-state index contributed by atoms with van der Waals surface area (Å²) in [5.74, 6) is 0.830. The number of carbonyl (C=O) groups excluding carboxylic acids is 1. The minimum absolute atomic E-state index is 0.368. The zero-order valence-corrected chi connectivity index (χ0v) is 10.7. The van der Waals surface area contributed by atoms with E-state index in [1.165, 1.54) is 45.2 Å². The Morgan fingerprint density at radius 3 is 2.29 bits per heavy atom. The van der Waals surface area contributed by atoms with E-state index in [1.54, 1.807) is 0 Å². The van der Waals surface area contributed by atoms with Gasteiger partial charge in [0.1, 0.15) is 0 Å². The van der Waals surface area contributed by atoms with Gasteiger partial charge in [0, 0.05) is 25.0 Å². The minimum atomic E-state index is 0.368. The quantitative estimate of drug-likeness (QED) is 0.731. The standard InChI is InChI=1S/C14H24N2O/c17-14(12-5-1-2-6-12)16-10-7-13(11-16)15-8-3-4-9-15/h12-13H,1-11H2. The Balaban J connectivity index is 1.54. The lowest BCUT2D eigenvalue weighted by molar-refractivity contribution is -0.134. The predicted molar refractivity (Wildman–Crippen MR) is 67.8 cm³/mol. The number of hydrogen-bond donors (Lipinski definition) is 0. The number of hydrogen-bond acceptors (Lipinski definition) is 2. The molecule has 0 aromatic heterocycles. The molecule has 3 nitrogen and oxygen atoms in total. The molecule has 0 radical (unpaired) electrons. The summed E-state index contributed by atoms with van der Waals surface area (Å²) in [5.41, 5.74) is 0. The van der Waals surface area contributed by atoms with Crippen LogP contribution in [-0.2, 0) is 4.79 Å². The predicted octanol–water partition coefficient (Wildman–Crippen LogP) is 1.87. The first-order chi connectivity index (χ1) is 8.34. The van der Waals surface area contributed by atoms with Crippen LogP contribution in [0.15, 0.2) is 0 Å². The van der Waals surface area contributed by atoms with Crippen LogP contribution in [0.4, 0.5) is 0 Å². The Hall–Kier alpha value is -0.570. The van der Waals surface area contributed by atoms with Crippen molar-refractivity contribution >= 4 is 5.91 Å². The average molecular weight is 236 g/mol. The lowest BCUT2D eigenvalue weighted by atomic mass is 10.1. The topological polar surface area (TPSA) is 23.6 Å². The molecule has 17 heavy (non-hydrogen) atoms. The molecule has 0 N–H and O–H groups in total. The second-order valence-corrected chi connectivity index (χ2v) is 5.95. The van der Waals surface area contributed by atoms with Gasteiger partial charge in [0.25, 0.3) is 0 Å². The summed E-state index contributed by atoms with van der Waals surface area (Å²) in [6.45, 7) is 4.54. The molecule has 2 aliphatic heterocycles. The summed E-state index contributed by atoms with van der Waals surface area (Å²) in [5, 5.41) is 0. The summed E-state index contributed by atoms with van der Waals surface area (Å²) >= 11 is 0. The lowest BCUT2D eigenvalue weighted by Gasteiger charge is -2.24. The van der Waals surface area contributed by atoms with E-state index in [0.29, 0.717) is 17.9 Å². The van der Waals surface area contributed by atoms with Crippen LogP contribution in [0.25, 0.3) is 0 Å². The van der Waals surface area contributed by atoms with Gasteiger partial charge in [0.2, 0.25) is 5.91 Å². The van der Waals surface area contributed by atoms with Crippen molar-refractivity contribution in [3.8, 4) is 0 Å². The van der Waals surface area contributed by atoms with Crippen LogP contribution in [-0.4, -0.2) is 47.9 Å². The first kappa shape index (κ1) is 11.5. The smallest absolute Gasteiger partial charge is 0.225 e. The van der Waals surface area contributed by atoms with Crippen molar-refractivity contribution < 1.29 is 4.79 Å². The van der Waals surface area contributed by atoms with Gasteiger partial charge in [-0.05, 0) is 45.2 Å². The van der Waals surface area contributed by atoms with Crippen molar-refractivity contribution in [2.24, 2.45) is 5.92 Å². The normalized spacial score (nSPS) is 31.5. The maximum absolute atomic E-state index is 12.3. The van der Waals surface area contributed by atoms with Crippen molar-refractivity contribution in [1.29, 1.82) is 0 Å². The summed E-state index contributed by atoms with van der Waals surface area (Å²) in [6, 6.07) is 0.669. The fourth-order valence-electron chi connectivity index (χ4n) is 3.78. The molecule has 1 aliphatic carbocycles. The third-order valence-corrected chi connectivity index (χ3v) is 4.84. The fraction of sp³-hybridized carbons (Fsp3) is 0.929. The molecule has 0 aromatic carbocycles. The van der Waals surface area contributed by atoms with E-state index in [4.69, 9.17) is 0 Å². The van der Waals surface area contributed by atoms with Crippen molar-refractivity contribution in [3.05, 3.63) is 0 Å². The van der Waals surface area contributed by atoms with E-state index in [-0.39, 0.29) is 0 Å². The Morgan fingerprint density at radius 2 is 1.59 bits per heavy atom. The summed E-state index contributed by atoms with van der Waals surface area (Å²) in [6.07, 6.45) is 8.73. The average Bonchev–Trinajstić information content (AvgIpc) is 3.09. The molecule has 1 atom stereocenters. The lowest BCUT2D eigenvalue weighted by Crippen LogP contribution is -2.38. The van der Waals surface area contributed by atoms with Crippen LogP contribution in [0.1, 0.15) is 44.9 Å². The maximum Gasteiger partial charge on any atom is 0.225 e. The molecule has 1 saturated carbocycles. The first-order valence-corrected chi connectivity index (χ1v) is 7.37. The fourth-order valence-corrected chi connectivity index (χ4v) is 3.78. The van der Waals surface area contributed by atoms with Crippen LogP contribution in [0, 0.1) is 5.92 Å². The Labute approximate surface area is 104 Å². The van der Waals surface area contributed by atoms with Crippen LogP contribution in [0.5, 0.6) is 0 Å². The van der Waals surface area contributed by atoms with Crippen LogP contribution >= 0.6 is 0 Å². The van der Waals surface area contributed by atoms with E-state index in [0.717, 1.165) is 25.9 Å². The Morgan fingerprint density at radius 1 is 0.882 bits per heavy atom. The first-order valence-electron chi connectivity index (χ1n) is 7.37. The summed E-state index contributed by atoms with van der Waals surface area (Å²) in [7, 11) is 0. The molecular formula is C14H24N2O. The molecule has 0 bridgehead atoms. The van der Waals surface area contributed by atoms with Gasteiger partial charge < -0.3 is 4.90 Å². The highest BCUT2D eigenvalue weighted by molar-refractivity contribution is 5.79. The zero-order valence-electron chi connectivity index (χ0n) is 10.7. The van der Waals surface area contributed by atoms with Gasteiger partial charge in [-0.3, -0.25) is 9.69 Å². The highest BCUT2D eigenvalue weighted by Crippen LogP contribution is 2.29. The second-order valence-electron chi connectivity index (χ2n) is 5.95. The molecule has 0 spiro atoms. The molecule has 2 saturated heterocycles. The van der Waals surface area contributed by atoms with E-state index in [9.17, 15) is 4.79 Å². The Kier molecular flexibility index (Phi) is 3.37. The van der Waals surface area contributed by atoms with Crippen LogP contribution in [0.2, 0.25) is 0 Å². The highest BCUT2D eigenvalue weighted by atomic mass is 16.2. The molecule has 96 valence electrons. The number of likely N-dealkylation sites (tertiary alicyclic amines) is 2. The van der Waals surface area contributed by atoms with Crippen LogP contribution in [0.3, 0.4) is 0 Å². The third-order valence-electron chi connectivity index (χ3n) is 4.84. The number of carbonyl (C=O) groups is 1.